The summed E-state index contributed by atoms with van der Waals surface area (Å²) in [4.78, 5) is 25.7. The molecule has 0 heterocycles. The van der Waals surface area contributed by atoms with E-state index in [-0.39, 0.29) is 24.8 Å². The molecule has 2 amide bonds. The molecular formula is C15H21FN2O3. The molecule has 116 valence electrons. The Kier molecular flexibility index (Phi) is 6.14. The van der Waals surface area contributed by atoms with E-state index in [2.05, 4.69) is 0 Å². The van der Waals surface area contributed by atoms with Crippen LogP contribution in [0.15, 0.2) is 24.3 Å². The average molecular weight is 296 g/mol. The maximum absolute atomic E-state index is 13.6. The predicted octanol–water partition coefficient (Wildman–Crippen LogP) is 2.42. The fourth-order valence-corrected chi connectivity index (χ4v) is 2.01. The van der Waals surface area contributed by atoms with Crippen LogP contribution < -0.4 is 0 Å². The van der Waals surface area contributed by atoms with Crippen LogP contribution >= 0.6 is 0 Å². The summed E-state index contributed by atoms with van der Waals surface area (Å²) in [6, 6.07) is 5.78. The molecule has 1 aromatic rings. The second-order valence-electron chi connectivity index (χ2n) is 5.40. The van der Waals surface area contributed by atoms with Crippen LogP contribution in [0.25, 0.3) is 0 Å². The number of hydrogen-bond donors (Lipinski definition) is 1. The van der Waals surface area contributed by atoms with Crippen LogP contribution in [-0.2, 0) is 11.3 Å². The van der Waals surface area contributed by atoms with Crippen molar-refractivity contribution in [2.24, 2.45) is 5.92 Å². The maximum Gasteiger partial charge on any atom is 0.323 e. The normalized spacial score (nSPS) is 10.5. The third-order valence-electron chi connectivity index (χ3n) is 2.87. The Morgan fingerprint density at radius 1 is 1.29 bits per heavy atom. The van der Waals surface area contributed by atoms with Crippen LogP contribution in [0.5, 0.6) is 0 Å². The molecule has 0 radical (unpaired) electrons. The molecular weight excluding hydrogens is 275 g/mol. The van der Waals surface area contributed by atoms with Crippen molar-refractivity contribution in [3.8, 4) is 0 Å². The van der Waals surface area contributed by atoms with E-state index in [9.17, 15) is 14.0 Å². The fourth-order valence-electron chi connectivity index (χ4n) is 2.01. The monoisotopic (exact) mass is 296 g/mol. The third-order valence-corrected chi connectivity index (χ3v) is 2.87. The zero-order valence-corrected chi connectivity index (χ0v) is 12.5. The highest BCUT2D eigenvalue weighted by atomic mass is 19.1. The van der Waals surface area contributed by atoms with Gasteiger partial charge in [0.1, 0.15) is 12.4 Å². The van der Waals surface area contributed by atoms with Gasteiger partial charge in [-0.05, 0) is 12.0 Å². The molecule has 0 spiro atoms. The minimum Gasteiger partial charge on any atom is -0.480 e. The number of halogens is 1. The van der Waals surface area contributed by atoms with Crippen molar-refractivity contribution in [3.05, 3.63) is 35.6 Å². The van der Waals surface area contributed by atoms with Gasteiger partial charge in [0.05, 0.1) is 0 Å². The number of nitrogens with zero attached hydrogens (tertiary/aromatic N) is 2. The number of carboxylic acid groups (broad SMARTS) is 1. The van der Waals surface area contributed by atoms with E-state index in [4.69, 9.17) is 5.11 Å². The van der Waals surface area contributed by atoms with Crippen LogP contribution in [0.3, 0.4) is 0 Å². The minimum atomic E-state index is -1.07. The predicted molar refractivity (Wildman–Crippen MR) is 77.3 cm³/mol. The van der Waals surface area contributed by atoms with Crippen molar-refractivity contribution >= 4 is 12.0 Å². The molecule has 5 nitrogen and oxygen atoms in total. The smallest absolute Gasteiger partial charge is 0.323 e. The summed E-state index contributed by atoms with van der Waals surface area (Å²) in [6.45, 7) is 3.88. The summed E-state index contributed by atoms with van der Waals surface area (Å²) in [5.74, 6) is -1.30. The van der Waals surface area contributed by atoms with E-state index in [0.29, 0.717) is 12.1 Å². The summed E-state index contributed by atoms with van der Waals surface area (Å²) < 4.78 is 13.6. The molecule has 0 saturated carbocycles. The van der Waals surface area contributed by atoms with Crippen molar-refractivity contribution in [1.82, 2.24) is 9.80 Å². The first-order valence-corrected chi connectivity index (χ1v) is 6.76. The fraction of sp³-hybridized carbons (Fsp3) is 0.467. The Balaban J connectivity index is 2.77. The van der Waals surface area contributed by atoms with Gasteiger partial charge < -0.3 is 14.9 Å². The van der Waals surface area contributed by atoms with Crippen molar-refractivity contribution in [2.75, 3.05) is 20.1 Å². The van der Waals surface area contributed by atoms with Crippen molar-refractivity contribution in [2.45, 2.75) is 20.4 Å². The Morgan fingerprint density at radius 3 is 2.43 bits per heavy atom. The van der Waals surface area contributed by atoms with Crippen LogP contribution in [-0.4, -0.2) is 47.0 Å². The van der Waals surface area contributed by atoms with Crippen molar-refractivity contribution < 1.29 is 19.1 Å². The Bertz CT molecular complexity index is 505. The van der Waals surface area contributed by atoms with Gasteiger partial charge in [-0.3, -0.25) is 4.79 Å². The number of amides is 2. The van der Waals surface area contributed by atoms with Gasteiger partial charge in [0.15, 0.2) is 0 Å². The average Bonchev–Trinajstić information content (AvgIpc) is 2.38. The Labute approximate surface area is 124 Å². The van der Waals surface area contributed by atoms with E-state index < -0.39 is 12.0 Å². The lowest BCUT2D eigenvalue weighted by Gasteiger charge is -2.28. The number of carbonyl (C=O) groups is 2. The molecule has 0 aromatic heterocycles. The number of carbonyl (C=O) groups excluding carboxylic acids is 1. The number of rotatable bonds is 6. The lowest BCUT2D eigenvalue weighted by atomic mass is 10.2. The summed E-state index contributed by atoms with van der Waals surface area (Å²) in [5, 5.41) is 8.89. The lowest BCUT2D eigenvalue weighted by molar-refractivity contribution is -0.137. The van der Waals surface area contributed by atoms with E-state index in [1.165, 1.54) is 22.9 Å². The van der Waals surface area contributed by atoms with Crippen molar-refractivity contribution in [3.63, 3.8) is 0 Å². The first-order chi connectivity index (χ1) is 9.81. The summed E-state index contributed by atoms with van der Waals surface area (Å²) in [7, 11) is 1.53. The SMILES string of the molecule is CC(C)CN(CC(=O)O)C(=O)N(C)Cc1ccccc1F. The van der Waals surface area contributed by atoms with E-state index >= 15 is 0 Å². The number of carboxylic acids is 1. The molecule has 0 unspecified atom stereocenters. The second-order valence-corrected chi connectivity index (χ2v) is 5.40. The van der Waals surface area contributed by atoms with Crippen molar-refractivity contribution in [1.29, 1.82) is 0 Å². The standard InChI is InChI=1S/C15H21FN2O3/c1-11(2)8-18(10-14(19)20)15(21)17(3)9-12-6-4-5-7-13(12)16/h4-7,11H,8-10H2,1-3H3,(H,19,20). The van der Waals surface area contributed by atoms with Crippen LogP contribution in [0.2, 0.25) is 0 Å². The van der Waals surface area contributed by atoms with Gasteiger partial charge in [-0.2, -0.15) is 0 Å². The molecule has 0 aliphatic heterocycles. The number of urea groups is 1. The molecule has 21 heavy (non-hydrogen) atoms. The third kappa shape index (κ3) is 5.41. The molecule has 0 aliphatic carbocycles. The van der Waals surface area contributed by atoms with Gasteiger partial charge in [0, 0.05) is 25.7 Å². The molecule has 0 atom stereocenters. The highest BCUT2D eigenvalue weighted by Gasteiger charge is 2.22. The Morgan fingerprint density at radius 2 is 1.90 bits per heavy atom. The molecule has 0 aliphatic rings. The summed E-state index contributed by atoms with van der Waals surface area (Å²) in [6.07, 6.45) is 0. The van der Waals surface area contributed by atoms with Gasteiger partial charge in [0.25, 0.3) is 0 Å². The van der Waals surface area contributed by atoms with Gasteiger partial charge in [-0.25, -0.2) is 9.18 Å². The molecule has 1 aromatic carbocycles. The minimum absolute atomic E-state index is 0.0969. The number of aliphatic carboxylic acids is 1. The van der Waals surface area contributed by atoms with E-state index in [1.54, 1.807) is 18.2 Å². The number of benzene rings is 1. The number of hydrogen-bond acceptors (Lipinski definition) is 2. The second kappa shape index (κ2) is 7.61. The maximum atomic E-state index is 13.6. The molecule has 0 fully saturated rings. The zero-order valence-electron chi connectivity index (χ0n) is 12.5. The van der Waals surface area contributed by atoms with E-state index in [0.717, 1.165) is 0 Å². The molecule has 0 bridgehead atoms. The van der Waals surface area contributed by atoms with E-state index in [1.807, 2.05) is 13.8 Å². The first kappa shape index (κ1) is 16.9. The van der Waals surface area contributed by atoms with Gasteiger partial charge in [0.2, 0.25) is 0 Å². The van der Waals surface area contributed by atoms with Crippen LogP contribution in [0, 0.1) is 11.7 Å². The lowest BCUT2D eigenvalue weighted by Crippen LogP contribution is -2.45. The van der Waals surface area contributed by atoms with Gasteiger partial charge in [-0.1, -0.05) is 32.0 Å². The van der Waals surface area contributed by atoms with Crippen LogP contribution in [0.1, 0.15) is 19.4 Å². The highest BCUT2D eigenvalue weighted by Crippen LogP contribution is 2.11. The first-order valence-electron chi connectivity index (χ1n) is 6.76. The molecule has 6 heteroatoms. The Hall–Kier alpha value is -2.11. The van der Waals surface area contributed by atoms with Gasteiger partial charge >= 0.3 is 12.0 Å². The molecule has 0 saturated heterocycles. The molecule has 1 N–H and O–H groups in total. The summed E-state index contributed by atoms with van der Waals surface area (Å²) >= 11 is 0. The molecule has 1 rings (SSSR count). The quantitative estimate of drug-likeness (QED) is 0.877. The van der Waals surface area contributed by atoms with Gasteiger partial charge in [-0.15, -0.1) is 0 Å². The largest absolute Gasteiger partial charge is 0.480 e. The zero-order chi connectivity index (χ0) is 16.0. The summed E-state index contributed by atoms with van der Waals surface area (Å²) in [5.41, 5.74) is 0.396. The highest BCUT2D eigenvalue weighted by molar-refractivity contribution is 5.80. The topological polar surface area (TPSA) is 60.9 Å². The van der Waals surface area contributed by atoms with Crippen LogP contribution in [0.4, 0.5) is 9.18 Å².